The van der Waals surface area contributed by atoms with Crippen molar-refractivity contribution in [3.8, 4) is 5.75 Å². The molecule has 0 radical (unpaired) electrons. The van der Waals surface area contributed by atoms with Gasteiger partial charge in [-0.3, -0.25) is 19.3 Å². The molecular weight excluding hydrogens is 356 g/mol. The van der Waals surface area contributed by atoms with Gasteiger partial charge in [-0.1, -0.05) is 25.0 Å². The predicted octanol–water partition coefficient (Wildman–Crippen LogP) is 3.88. The number of benzene rings is 2. The van der Waals surface area contributed by atoms with Gasteiger partial charge in [0.25, 0.3) is 11.8 Å². The number of nitrogens with one attached hydrogen (secondary N) is 1. The fraction of sp³-hybridized carbons (Fsp3) is 0.318. The minimum absolute atomic E-state index is 0.0227. The maximum atomic E-state index is 12.3. The molecule has 0 bridgehead atoms. The number of methoxy groups -OCH3 is 1. The molecule has 0 fully saturated rings. The summed E-state index contributed by atoms with van der Waals surface area (Å²) in [4.78, 5) is 37.9. The Morgan fingerprint density at radius 3 is 2.11 bits per heavy atom. The van der Waals surface area contributed by atoms with Gasteiger partial charge in [-0.05, 0) is 49.2 Å². The first kappa shape index (κ1) is 19.6. The summed E-state index contributed by atoms with van der Waals surface area (Å²) in [6.45, 7) is 0.421. The molecule has 0 saturated heterocycles. The van der Waals surface area contributed by atoms with E-state index in [1.54, 1.807) is 55.6 Å². The molecular formula is C22H24N2O4. The Balaban J connectivity index is 1.32. The van der Waals surface area contributed by atoms with Gasteiger partial charge in [-0.15, -0.1) is 0 Å². The maximum Gasteiger partial charge on any atom is 0.261 e. The van der Waals surface area contributed by atoms with Crippen molar-refractivity contribution in [1.82, 2.24) is 4.90 Å². The highest BCUT2D eigenvalue weighted by Crippen LogP contribution is 2.23. The van der Waals surface area contributed by atoms with Gasteiger partial charge in [0.05, 0.1) is 18.2 Å². The summed E-state index contributed by atoms with van der Waals surface area (Å²) in [5, 5.41) is 2.86. The van der Waals surface area contributed by atoms with Gasteiger partial charge in [0.2, 0.25) is 5.91 Å². The largest absolute Gasteiger partial charge is 0.497 e. The van der Waals surface area contributed by atoms with Crippen LogP contribution in [0.15, 0.2) is 48.5 Å². The first-order valence-electron chi connectivity index (χ1n) is 9.49. The van der Waals surface area contributed by atoms with Crippen LogP contribution in [0, 0.1) is 0 Å². The summed E-state index contributed by atoms with van der Waals surface area (Å²) >= 11 is 0. The van der Waals surface area contributed by atoms with Crippen molar-refractivity contribution in [2.24, 2.45) is 0 Å². The maximum absolute atomic E-state index is 12.3. The molecule has 3 rings (SSSR count). The smallest absolute Gasteiger partial charge is 0.261 e. The first-order chi connectivity index (χ1) is 13.6. The van der Waals surface area contributed by atoms with Crippen LogP contribution < -0.4 is 10.1 Å². The molecule has 0 aromatic heterocycles. The van der Waals surface area contributed by atoms with E-state index in [4.69, 9.17) is 4.74 Å². The van der Waals surface area contributed by atoms with Gasteiger partial charge in [0.1, 0.15) is 5.75 Å². The van der Waals surface area contributed by atoms with Crippen molar-refractivity contribution < 1.29 is 19.1 Å². The highest BCUT2D eigenvalue weighted by atomic mass is 16.5. The highest BCUT2D eigenvalue weighted by molar-refractivity contribution is 6.21. The van der Waals surface area contributed by atoms with E-state index in [9.17, 15) is 14.4 Å². The lowest BCUT2D eigenvalue weighted by molar-refractivity contribution is -0.116. The molecule has 0 spiro atoms. The van der Waals surface area contributed by atoms with Crippen molar-refractivity contribution in [3.05, 3.63) is 59.7 Å². The monoisotopic (exact) mass is 380 g/mol. The Labute approximate surface area is 164 Å². The van der Waals surface area contributed by atoms with Crippen LogP contribution >= 0.6 is 0 Å². The van der Waals surface area contributed by atoms with E-state index >= 15 is 0 Å². The molecule has 2 aromatic carbocycles. The number of rotatable bonds is 9. The normalized spacial score (nSPS) is 12.8. The molecule has 0 saturated carbocycles. The number of nitrogens with zero attached hydrogens (tertiary/aromatic N) is 1. The second kappa shape index (κ2) is 9.17. The lowest BCUT2D eigenvalue weighted by Crippen LogP contribution is -2.30. The zero-order chi connectivity index (χ0) is 19.9. The summed E-state index contributed by atoms with van der Waals surface area (Å²) in [6.07, 6.45) is 3.69. The summed E-state index contributed by atoms with van der Waals surface area (Å²) in [5.74, 6) is 0.306. The molecule has 1 N–H and O–H groups in total. The number of imide groups is 1. The van der Waals surface area contributed by atoms with Crippen molar-refractivity contribution in [3.63, 3.8) is 0 Å². The van der Waals surface area contributed by atoms with Gasteiger partial charge < -0.3 is 10.1 Å². The molecule has 1 heterocycles. The summed E-state index contributed by atoms with van der Waals surface area (Å²) in [5.41, 5.74) is 1.72. The molecule has 3 amide bonds. The van der Waals surface area contributed by atoms with Crippen LogP contribution in [0.5, 0.6) is 5.75 Å². The number of ether oxygens (including phenoxy) is 1. The van der Waals surface area contributed by atoms with Gasteiger partial charge in [-0.25, -0.2) is 0 Å². The Morgan fingerprint density at radius 1 is 0.893 bits per heavy atom. The third-order valence-corrected chi connectivity index (χ3v) is 4.79. The average Bonchev–Trinajstić information content (AvgIpc) is 2.96. The van der Waals surface area contributed by atoms with E-state index in [0.29, 0.717) is 24.1 Å². The van der Waals surface area contributed by atoms with E-state index in [-0.39, 0.29) is 17.7 Å². The number of hydrogen-bond donors (Lipinski definition) is 1. The third-order valence-electron chi connectivity index (χ3n) is 4.79. The van der Waals surface area contributed by atoms with Crippen LogP contribution in [-0.4, -0.2) is 36.3 Å². The highest BCUT2D eigenvalue weighted by Gasteiger charge is 2.34. The molecule has 6 nitrogen and oxygen atoms in total. The minimum atomic E-state index is -0.209. The molecule has 0 unspecified atom stereocenters. The summed E-state index contributed by atoms with van der Waals surface area (Å²) in [7, 11) is 1.60. The Hall–Kier alpha value is -3.15. The van der Waals surface area contributed by atoms with E-state index in [2.05, 4.69) is 5.32 Å². The standard InChI is InChI=1S/C22H24N2O4/c1-28-17-13-11-16(12-14-17)23-20(25)10-4-2-3-7-15-24-21(26)18-8-5-6-9-19(18)22(24)27/h5-6,8-9,11-14H,2-4,7,10,15H2,1H3,(H,23,25). The van der Waals surface area contributed by atoms with E-state index < -0.39 is 0 Å². The fourth-order valence-electron chi connectivity index (χ4n) is 3.25. The van der Waals surface area contributed by atoms with Gasteiger partial charge in [0.15, 0.2) is 0 Å². The zero-order valence-corrected chi connectivity index (χ0v) is 15.9. The van der Waals surface area contributed by atoms with Gasteiger partial charge in [-0.2, -0.15) is 0 Å². The first-order valence-corrected chi connectivity index (χ1v) is 9.49. The SMILES string of the molecule is COc1ccc(NC(=O)CCCCCCN2C(=O)c3ccccc3C2=O)cc1. The van der Waals surface area contributed by atoms with Crippen molar-refractivity contribution in [2.45, 2.75) is 32.1 Å². The number of carbonyl (C=O) groups is 3. The zero-order valence-electron chi connectivity index (χ0n) is 15.9. The van der Waals surface area contributed by atoms with Crippen LogP contribution in [-0.2, 0) is 4.79 Å². The lowest BCUT2D eigenvalue weighted by atomic mass is 10.1. The summed E-state index contributed by atoms with van der Waals surface area (Å²) in [6, 6.07) is 14.1. The number of carbonyl (C=O) groups excluding carboxylic acids is 3. The quantitative estimate of drug-likeness (QED) is 0.529. The van der Waals surface area contributed by atoms with Crippen molar-refractivity contribution in [2.75, 3.05) is 19.0 Å². The Bertz CT molecular complexity index is 826. The Morgan fingerprint density at radius 2 is 1.50 bits per heavy atom. The molecule has 2 aromatic rings. The second-order valence-corrected chi connectivity index (χ2v) is 6.75. The minimum Gasteiger partial charge on any atom is -0.497 e. The van der Waals surface area contributed by atoms with Crippen LogP contribution in [0.1, 0.15) is 52.8 Å². The van der Waals surface area contributed by atoms with Gasteiger partial charge in [0, 0.05) is 18.7 Å². The van der Waals surface area contributed by atoms with Gasteiger partial charge >= 0.3 is 0 Å². The number of anilines is 1. The topological polar surface area (TPSA) is 75.7 Å². The number of amides is 3. The van der Waals surface area contributed by atoms with Crippen molar-refractivity contribution in [1.29, 1.82) is 0 Å². The number of fused-ring (bicyclic) bond motifs is 1. The average molecular weight is 380 g/mol. The van der Waals surface area contributed by atoms with Crippen LogP contribution in [0.4, 0.5) is 5.69 Å². The van der Waals surface area contributed by atoms with Crippen LogP contribution in [0.25, 0.3) is 0 Å². The second-order valence-electron chi connectivity index (χ2n) is 6.75. The molecule has 146 valence electrons. The molecule has 0 atom stereocenters. The fourth-order valence-corrected chi connectivity index (χ4v) is 3.25. The summed E-state index contributed by atoms with van der Waals surface area (Å²) < 4.78 is 5.09. The van der Waals surface area contributed by atoms with E-state index in [1.165, 1.54) is 4.90 Å². The third kappa shape index (κ3) is 4.57. The number of hydrogen-bond acceptors (Lipinski definition) is 4. The van der Waals surface area contributed by atoms with Crippen LogP contribution in [0.3, 0.4) is 0 Å². The van der Waals surface area contributed by atoms with Crippen molar-refractivity contribution >= 4 is 23.4 Å². The molecule has 28 heavy (non-hydrogen) atoms. The van der Waals surface area contributed by atoms with E-state index in [1.807, 2.05) is 0 Å². The lowest BCUT2D eigenvalue weighted by Gasteiger charge is -2.13. The predicted molar refractivity (Wildman–Crippen MR) is 107 cm³/mol. The molecule has 0 aliphatic carbocycles. The van der Waals surface area contributed by atoms with Crippen LogP contribution in [0.2, 0.25) is 0 Å². The molecule has 1 aliphatic rings. The Kier molecular flexibility index (Phi) is 6.42. The molecule has 6 heteroatoms. The van der Waals surface area contributed by atoms with E-state index in [0.717, 1.165) is 37.1 Å². The molecule has 1 aliphatic heterocycles. The number of unbranched alkanes of at least 4 members (excludes halogenated alkanes) is 3.